The largest absolute Gasteiger partial charge is 0.451 e. The molecule has 0 N–H and O–H groups in total. The predicted octanol–water partition coefficient (Wildman–Crippen LogP) is 2.56. The second-order valence-corrected chi connectivity index (χ2v) is 4.84. The van der Waals surface area contributed by atoms with E-state index < -0.39 is 6.09 Å². The van der Waals surface area contributed by atoms with Gasteiger partial charge in [0.2, 0.25) is 0 Å². The molecule has 1 aromatic rings. The normalized spacial score (nSPS) is 11.5. The molecule has 0 saturated heterocycles. The summed E-state index contributed by atoms with van der Waals surface area (Å²) < 4.78 is 6.56. The molecule has 14 heavy (non-hydrogen) atoms. The van der Waals surface area contributed by atoms with Gasteiger partial charge in [-0.2, -0.15) is 9.78 Å². The van der Waals surface area contributed by atoms with Crippen molar-refractivity contribution in [2.24, 2.45) is 0 Å². The maximum Gasteiger partial charge on any atom is 0.434 e. The second kappa shape index (κ2) is 3.73. The van der Waals surface area contributed by atoms with Crippen molar-refractivity contribution in [1.82, 2.24) is 9.78 Å². The number of hydrogen-bond donors (Lipinski definition) is 0. The fraction of sp³-hybridized carbons (Fsp3) is 0.556. The molecule has 4 nitrogen and oxygen atoms in total. The van der Waals surface area contributed by atoms with Gasteiger partial charge in [-0.3, -0.25) is 0 Å². The van der Waals surface area contributed by atoms with Gasteiger partial charge in [0.05, 0.1) is 23.5 Å². The van der Waals surface area contributed by atoms with E-state index in [0.717, 1.165) is 10.2 Å². The maximum absolute atomic E-state index is 11.2. The molecule has 0 fully saturated rings. The summed E-state index contributed by atoms with van der Waals surface area (Å²) in [6.07, 6.45) is 1.12. The molecule has 0 spiro atoms. The van der Waals surface area contributed by atoms with Gasteiger partial charge in [-0.1, -0.05) is 20.8 Å². The Balaban J connectivity index is 3.12. The zero-order chi connectivity index (χ0) is 10.9. The number of halogens is 1. The molecule has 0 aliphatic carbocycles. The van der Waals surface area contributed by atoms with Crippen molar-refractivity contribution in [3.63, 3.8) is 0 Å². The van der Waals surface area contributed by atoms with Gasteiger partial charge in [0, 0.05) is 5.41 Å². The number of carbonyl (C=O) groups excluding carboxylic acids is 1. The van der Waals surface area contributed by atoms with E-state index in [0.29, 0.717) is 0 Å². The first kappa shape index (κ1) is 11.2. The number of nitrogens with zero attached hydrogens (tertiary/aromatic N) is 2. The van der Waals surface area contributed by atoms with E-state index in [1.807, 2.05) is 20.8 Å². The molecule has 5 heteroatoms. The third-order valence-electron chi connectivity index (χ3n) is 1.74. The number of aromatic nitrogens is 2. The average molecular weight is 261 g/mol. The van der Waals surface area contributed by atoms with Gasteiger partial charge < -0.3 is 4.74 Å². The minimum atomic E-state index is -0.485. The predicted molar refractivity (Wildman–Crippen MR) is 56.4 cm³/mol. The van der Waals surface area contributed by atoms with Crippen LogP contribution in [0, 0.1) is 0 Å². The standard InChI is InChI=1S/C9H13BrN2O2/c1-9(2,3)7-6(10)5-12(11-7)8(13)14-4/h5H,1-4H3. The minimum Gasteiger partial charge on any atom is -0.451 e. The first-order valence-electron chi connectivity index (χ1n) is 4.20. The number of methoxy groups -OCH3 is 1. The van der Waals surface area contributed by atoms with E-state index in [1.165, 1.54) is 11.8 Å². The molecule has 0 radical (unpaired) electrons. The second-order valence-electron chi connectivity index (χ2n) is 3.99. The van der Waals surface area contributed by atoms with E-state index in [4.69, 9.17) is 0 Å². The van der Waals surface area contributed by atoms with Crippen molar-refractivity contribution < 1.29 is 9.53 Å². The Morgan fingerprint density at radius 3 is 2.50 bits per heavy atom. The Hall–Kier alpha value is -0.840. The van der Waals surface area contributed by atoms with Gasteiger partial charge in [0.25, 0.3) is 0 Å². The molecule has 0 bridgehead atoms. The van der Waals surface area contributed by atoms with Crippen LogP contribution >= 0.6 is 15.9 Å². The monoisotopic (exact) mass is 260 g/mol. The zero-order valence-electron chi connectivity index (χ0n) is 8.67. The summed E-state index contributed by atoms with van der Waals surface area (Å²) in [4.78, 5) is 11.2. The highest BCUT2D eigenvalue weighted by molar-refractivity contribution is 9.10. The van der Waals surface area contributed by atoms with Gasteiger partial charge in [-0.05, 0) is 15.9 Å². The van der Waals surface area contributed by atoms with Crippen molar-refractivity contribution in [2.75, 3.05) is 7.11 Å². The first-order chi connectivity index (χ1) is 6.36. The van der Waals surface area contributed by atoms with Crippen molar-refractivity contribution in [3.8, 4) is 0 Å². The molecular weight excluding hydrogens is 248 g/mol. The Morgan fingerprint density at radius 2 is 2.14 bits per heavy atom. The van der Waals surface area contributed by atoms with Crippen molar-refractivity contribution in [2.45, 2.75) is 26.2 Å². The Kier molecular flexibility index (Phi) is 2.99. The third-order valence-corrected chi connectivity index (χ3v) is 2.32. The lowest BCUT2D eigenvalue weighted by atomic mass is 9.93. The van der Waals surface area contributed by atoms with Crippen LogP contribution in [0.4, 0.5) is 4.79 Å². The molecule has 1 rings (SSSR count). The number of hydrogen-bond acceptors (Lipinski definition) is 3. The molecule has 1 aromatic heterocycles. The molecule has 0 aromatic carbocycles. The summed E-state index contributed by atoms with van der Waals surface area (Å²) >= 11 is 3.36. The van der Waals surface area contributed by atoms with Gasteiger partial charge in [-0.15, -0.1) is 0 Å². The summed E-state index contributed by atoms with van der Waals surface area (Å²) in [6, 6.07) is 0. The van der Waals surface area contributed by atoms with Crippen LogP contribution in [-0.2, 0) is 10.2 Å². The summed E-state index contributed by atoms with van der Waals surface area (Å²) in [6.45, 7) is 6.09. The summed E-state index contributed by atoms with van der Waals surface area (Å²) in [5.74, 6) is 0. The summed E-state index contributed by atoms with van der Waals surface area (Å²) in [5, 5.41) is 4.15. The SMILES string of the molecule is COC(=O)n1cc(Br)c(C(C)(C)C)n1. The summed E-state index contributed by atoms with van der Waals surface area (Å²) in [7, 11) is 1.33. The first-order valence-corrected chi connectivity index (χ1v) is 4.99. The van der Waals surface area contributed by atoms with Crippen LogP contribution in [0.2, 0.25) is 0 Å². The van der Waals surface area contributed by atoms with E-state index in [2.05, 4.69) is 25.8 Å². The Labute approximate surface area is 91.4 Å². The quantitative estimate of drug-likeness (QED) is 0.720. The third kappa shape index (κ3) is 2.15. The lowest BCUT2D eigenvalue weighted by Crippen LogP contribution is -2.16. The molecule has 0 unspecified atom stereocenters. The lowest BCUT2D eigenvalue weighted by Gasteiger charge is -2.15. The molecule has 0 aliphatic heterocycles. The number of carbonyl (C=O) groups is 1. The molecule has 0 atom stereocenters. The van der Waals surface area contributed by atoms with Crippen LogP contribution in [0.1, 0.15) is 26.5 Å². The molecule has 0 aliphatic rings. The van der Waals surface area contributed by atoms with Crippen LogP contribution in [0.15, 0.2) is 10.7 Å². The van der Waals surface area contributed by atoms with Crippen LogP contribution < -0.4 is 0 Å². The van der Waals surface area contributed by atoms with E-state index in [1.54, 1.807) is 6.20 Å². The van der Waals surface area contributed by atoms with Crippen LogP contribution in [0.25, 0.3) is 0 Å². The van der Waals surface area contributed by atoms with Crippen molar-refractivity contribution >= 4 is 22.0 Å². The number of ether oxygens (including phenoxy) is 1. The van der Waals surface area contributed by atoms with Gasteiger partial charge in [0.1, 0.15) is 0 Å². The molecule has 0 saturated carbocycles. The maximum atomic E-state index is 11.2. The average Bonchev–Trinajstić information content (AvgIpc) is 2.45. The highest BCUT2D eigenvalue weighted by atomic mass is 79.9. The van der Waals surface area contributed by atoms with Gasteiger partial charge in [0.15, 0.2) is 0 Å². The topological polar surface area (TPSA) is 44.1 Å². The fourth-order valence-electron chi connectivity index (χ4n) is 1.05. The van der Waals surface area contributed by atoms with E-state index >= 15 is 0 Å². The molecule has 0 amide bonds. The van der Waals surface area contributed by atoms with Crippen LogP contribution in [0.3, 0.4) is 0 Å². The highest BCUT2D eigenvalue weighted by Crippen LogP contribution is 2.27. The smallest absolute Gasteiger partial charge is 0.434 e. The Bertz CT molecular complexity index is 352. The van der Waals surface area contributed by atoms with Crippen LogP contribution in [0.5, 0.6) is 0 Å². The number of rotatable bonds is 0. The van der Waals surface area contributed by atoms with Crippen molar-refractivity contribution in [1.29, 1.82) is 0 Å². The molecular formula is C9H13BrN2O2. The fourth-order valence-corrected chi connectivity index (χ4v) is 1.92. The van der Waals surface area contributed by atoms with Gasteiger partial charge in [-0.25, -0.2) is 4.79 Å². The Morgan fingerprint density at radius 1 is 1.57 bits per heavy atom. The van der Waals surface area contributed by atoms with E-state index in [9.17, 15) is 4.79 Å². The minimum absolute atomic E-state index is 0.0991. The molecule has 78 valence electrons. The van der Waals surface area contributed by atoms with Crippen molar-refractivity contribution in [3.05, 3.63) is 16.4 Å². The highest BCUT2D eigenvalue weighted by Gasteiger charge is 2.22. The molecule has 1 heterocycles. The van der Waals surface area contributed by atoms with E-state index in [-0.39, 0.29) is 5.41 Å². The zero-order valence-corrected chi connectivity index (χ0v) is 10.3. The van der Waals surface area contributed by atoms with Gasteiger partial charge >= 0.3 is 6.09 Å². The van der Waals surface area contributed by atoms with Crippen LogP contribution in [-0.4, -0.2) is 23.0 Å². The lowest BCUT2D eigenvalue weighted by molar-refractivity contribution is 0.169. The summed E-state index contributed by atoms with van der Waals surface area (Å²) in [5.41, 5.74) is 0.737.